The molecule has 2 rings (SSSR count). The van der Waals surface area contributed by atoms with Crippen LogP contribution < -0.4 is 11.2 Å². The molecule has 4 heteroatoms. The molecule has 1 aromatic carbocycles. The van der Waals surface area contributed by atoms with Crippen molar-refractivity contribution in [2.75, 3.05) is 0 Å². The van der Waals surface area contributed by atoms with E-state index in [0.717, 1.165) is 15.7 Å². The lowest BCUT2D eigenvalue weighted by atomic mass is 10.1. The second-order valence-corrected chi connectivity index (χ2v) is 4.11. The summed E-state index contributed by atoms with van der Waals surface area (Å²) in [4.78, 5) is 23.1. The van der Waals surface area contributed by atoms with E-state index >= 15 is 0 Å². The van der Waals surface area contributed by atoms with Gasteiger partial charge in [-0.15, -0.1) is 0 Å². The largest absolute Gasteiger partial charge is 0.331 e. The third-order valence-corrected chi connectivity index (χ3v) is 2.70. The number of rotatable bonds is 2. The molecule has 4 nitrogen and oxygen atoms in total. The zero-order valence-corrected chi connectivity index (χ0v) is 9.88. The van der Waals surface area contributed by atoms with Gasteiger partial charge < -0.3 is 0 Å². The minimum absolute atomic E-state index is 0.282. The van der Waals surface area contributed by atoms with E-state index in [1.165, 1.54) is 23.9 Å². The van der Waals surface area contributed by atoms with Crippen LogP contribution in [0.25, 0.3) is 0 Å². The summed E-state index contributed by atoms with van der Waals surface area (Å²) in [7, 11) is 1.48. The van der Waals surface area contributed by atoms with Gasteiger partial charge in [-0.25, -0.2) is 4.79 Å². The average molecular weight is 230 g/mol. The fraction of sp³-hybridized carbons (Fsp3) is 0.231. The van der Waals surface area contributed by atoms with Gasteiger partial charge in [-0.1, -0.05) is 29.8 Å². The van der Waals surface area contributed by atoms with E-state index in [1.54, 1.807) is 0 Å². The quantitative estimate of drug-likeness (QED) is 0.769. The molecule has 0 unspecified atom stereocenters. The number of hydrogen-bond donors (Lipinski definition) is 0. The Morgan fingerprint density at radius 3 is 2.65 bits per heavy atom. The first-order chi connectivity index (χ1) is 8.08. The number of aryl methyl sites for hydroxylation is 1. The van der Waals surface area contributed by atoms with E-state index in [9.17, 15) is 9.59 Å². The molecule has 88 valence electrons. The lowest BCUT2D eigenvalue weighted by molar-refractivity contribution is 0.645. The molecule has 0 atom stereocenters. The van der Waals surface area contributed by atoms with Crippen molar-refractivity contribution in [1.29, 1.82) is 0 Å². The zero-order valence-electron chi connectivity index (χ0n) is 9.88. The van der Waals surface area contributed by atoms with Crippen LogP contribution in [0.5, 0.6) is 0 Å². The summed E-state index contributed by atoms with van der Waals surface area (Å²) < 4.78 is 2.63. The summed E-state index contributed by atoms with van der Waals surface area (Å²) in [5, 5.41) is 0. The molecule has 0 spiro atoms. The first-order valence-electron chi connectivity index (χ1n) is 5.40. The summed E-state index contributed by atoms with van der Waals surface area (Å²) >= 11 is 0. The molecular formula is C13H14N2O2. The average Bonchev–Trinajstić information content (AvgIpc) is 2.30. The fourth-order valence-electron chi connectivity index (χ4n) is 1.74. The smallest absolute Gasteiger partial charge is 0.296 e. The first kappa shape index (κ1) is 11.4. The van der Waals surface area contributed by atoms with Gasteiger partial charge in [0.25, 0.3) is 5.56 Å². The van der Waals surface area contributed by atoms with Crippen LogP contribution in [-0.2, 0) is 13.6 Å². The zero-order chi connectivity index (χ0) is 12.4. The lowest BCUT2D eigenvalue weighted by Gasteiger charge is -2.07. The summed E-state index contributed by atoms with van der Waals surface area (Å²) in [5.74, 6) is 0. The molecule has 0 saturated heterocycles. The van der Waals surface area contributed by atoms with E-state index < -0.39 is 0 Å². The molecule has 2 aromatic rings. The second-order valence-electron chi connectivity index (χ2n) is 4.11. The van der Waals surface area contributed by atoms with Crippen molar-refractivity contribution < 1.29 is 0 Å². The van der Waals surface area contributed by atoms with E-state index in [-0.39, 0.29) is 11.2 Å². The standard InChI is InChI=1S/C13H14N2O2/c1-10-4-3-5-11(8-10)9-15-7-6-12(16)14(2)13(15)17/h3-8H,9H2,1-2H3. The molecule has 0 saturated carbocycles. The Morgan fingerprint density at radius 1 is 1.18 bits per heavy atom. The van der Waals surface area contributed by atoms with Crippen LogP contribution in [0, 0.1) is 6.92 Å². The maximum Gasteiger partial charge on any atom is 0.331 e. The van der Waals surface area contributed by atoms with Crippen LogP contribution in [0.3, 0.4) is 0 Å². The maximum absolute atomic E-state index is 11.8. The molecule has 0 aliphatic carbocycles. The van der Waals surface area contributed by atoms with E-state index in [4.69, 9.17) is 0 Å². The molecule has 0 bridgehead atoms. The molecule has 0 amide bonds. The van der Waals surface area contributed by atoms with Crippen molar-refractivity contribution in [3.63, 3.8) is 0 Å². The van der Waals surface area contributed by atoms with Gasteiger partial charge in [0.1, 0.15) is 0 Å². The second kappa shape index (κ2) is 4.41. The normalized spacial score (nSPS) is 10.5. The van der Waals surface area contributed by atoms with Gasteiger partial charge in [-0.3, -0.25) is 13.9 Å². The molecule has 0 aliphatic rings. The van der Waals surface area contributed by atoms with E-state index in [2.05, 4.69) is 0 Å². The molecule has 0 radical (unpaired) electrons. The minimum Gasteiger partial charge on any atom is -0.296 e. The molecule has 1 aromatic heterocycles. The number of hydrogen-bond acceptors (Lipinski definition) is 2. The van der Waals surface area contributed by atoms with Gasteiger partial charge in [0.2, 0.25) is 0 Å². The Balaban J connectivity index is 2.41. The predicted octanol–water partition coefficient (Wildman–Crippen LogP) is 0.904. The molecule has 17 heavy (non-hydrogen) atoms. The minimum atomic E-state index is -0.293. The molecule has 0 fully saturated rings. The third-order valence-electron chi connectivity index (χ3n) is 2.70. The van der Waals surface area contributed by atoms with E-state index in [1.807, 2.05) is 31.2 Å². The van der Waals surface area contributed by atoms with Crippen molar-refractivity contribution in [2.45, 2.75) is 13.5 Å². The van der Waals surface area contributed by atoms with Crippen molar-refractivity contribution >= 4 is 0 Å². The summed E-state index contributed by atoms with van der Waals surface area (Å²) in [6.07, 6.45) is 1.53. The Bertz CT molecular complexity index is 653. The van der Waals surface area contributed by atoms with Crippen molar-refractivity contribution in [3.05, 3.63) is 68.5 Å². The van der Waals surface area contributed by atoms with Crippen molar-refractivity contribution in [2.24, 2.45) is 7.05 Å². The Kier molecular flexibility index (Phi) is 2.95. The Labute approximate surface area is 98.8 Å². The van der Waals surface area contributed by atoms with Crippen LogP contribution in [0.1, 0.15) is 11.1 Å². The van der Waals surface area contributed by atoms with Crippen LogP contribution >= 0.6 is 0 Å². The Hall–Kier alpha value is -2.10. The van der Waals surface area contributed by atoms with Crippen molar-refractivity contribution in [3.8, 4) is 0 Å². The topological polar surface area (TPSA) is 44.0 Å². The molecule has 0 N–H and O–H groups in total. The fourth-order valence-corrected chi connectivity index (χ4v) is 1.74. The van der Waals surface area contributed by atoms with Gasteiger partial charge in [0, 0.05) is 19.3 Å². The highest BCUT2D eigenvalue weighted by Crippen LogP contribution is 2.04. The van der Waals surface area contributed by atoms with E-state index in [0.29, 0.717) is 6.54 Å². The SMILES string of the molecule is Cc1cccc(Cn2ccc(=O)n(C)c2=O)c1. The number of aromatic nitrogens is 2. The summed E-state index contributed by atoms with van der Waals surface area (Å²) in [5.41, 5.74) is 1.63. The summed E-state index contributed by atoms with van der Waals surface area (Å²) in [6, 6.07) is 9.35. The van der Waals surface area contributed by atoms with Crippen LogP contribution in [0.2, 0.25) is 0 Å². The summed E-state index contributed by atoms with van der Waals surface area (Å²) in [6.45, 7) is 2.49. The highest BCUT2D eigenvalue weighted by atomic mass is 16.2. The lowest BCUT2D eigenvalue weighted by Crippen LogP contribution is -2.37. The van der Waals surface area contributed by atoms with Gasteiger partial charge in [0.15, 0.2) is 0 Å². The van der Waals surface area contributed by atoms with Crippen LogP contribution in [0.4, 0.5) is 0 Å². The van der Waals surface area contributed by atoms with Gasteiger partial charge in [-0.2, -0.15) is 0 Å². The predicted molar refractivity (Wildman–Crippen MR) is 66.2 cm³/mol. The monoisotopic (exact) mass is 230 g/mol. The Morgan fingerprint density at radius 2 is 1.94 bits per heavy atom. The molecule has 0 aliphatic heterocycles. The van der Waals surface area contributed by atoms with Gasteiger partial charge in [-0.05, 0) is 12.5 Å². The van der Waals surface area contributed by atoms with Crippen molar-refractivity contribution in [1.82, 2.24) is 9.13 Å². The first-order valence-corrected chi connectivity index (χ1v) is 5.40. The molecular weight excluding hydrogens is 216 g/mol. The van der Waals surface area contributed by atoms with Crippen LogP contribution in [0.15, 0.2) is 46.1 Å². The highest BCUT2D eigenvalue weighted by Gasteiger charge is 2.01. The third kappa shape index (κ3) is 2.36. The van der Waals surface area contributed by atoms with Gasteiger partial charge >= 0.3 is 5.69 Å². The number of nitrogens with zero attached hydrogens (tertiary/aromatic N) is 2. The maximum atomic E-state index is 11.8. The number of benzene rings is 1. The highest BCUT2D eigenvalue weighted by molar-refractivity contribution is 5.22. The van der Waals surface area contributed by atoms with Gasteiger partial charge in [0.05, 0.1) is 6.54 Å². The van der Waals surface area contributed by atoms with Crippen LogP contribution in [-0.4, -0.2) is 9.13 Å². The molecule has 1 heterocycles.